The lowest BCUT2D eigenvalue weighted by Crippen LogP contribution is -2.48. The van der Waals surface area contributed by atoms with Crippen LogP contribution in [-0.2, 0) is 4.79 Å². The highest BCUT2D eigenvalue weighted by molar-refractivity contribution is 5.92. The van der Waals surface area contributed by atoms with Crippen molar-refractivity contribution in [3.05, 3.63) is 18.5 Å². The standard InChI is InChI=1S/C21H30N4O3/c1-21(2,3)20(26)24(4)14-7-9-25(10-8-14)19-15-11-17(27-5)18(28-6)12-16(15)22-13-23-19/h11-14H,7-10H2,1-6H3. The van der Waals surface area contributed by atoms with Crippen LogP contribution in [0.5, 0.6) is 11.5 Å². The van der Waals surface area contributed by atoms with Crippen LogP contribution in [0.2, 0.25) is 0 Å². The number of nitrogens with zero attached hydrogens (tertiary/aromatic N) is 4. The van der Waals surface area contributed by atoms with E-state index < -0.39 is 0 Å². The van der Waals surface area contributed by atoms with Gasteiger partial charge < -0.3 is 19.3 Å². The first-order valence-electron chi connectivity index (χ1n) is 9.65. The molecule has 2 heterocycles. The van der Waals surface area contributed by atoms with Gasteiger partial charge in [-0.05, 0) is 18.9 Å². The van der Waals surface area contributed by atoms with Crippen LogP contribution >= 0.6 is 0 Å². The third-order valence-electron chi connectivity index (χ3n) is 5.39. The van der Waals surface area contributed by atoms with Crippen molar-refractivity contribution in [1.82, 2.24) is 14.9 Å². The van der Waals surface area contributed by atoms with Crippen molar-refractivity contribution in [2.45, 2.75) is 39.7 Å². The molecule has 0 unspecified atom stereocenters. The molecule has 0 bridgehead atoms. The van der Waals surface area contributed by atoms with E-state index in [0.717, 1.165) is 42.7 Å². The molecule has 3 rings (SSSR count). The van der Waals surface area contributed by atoms with Crippen LogP contribution in [0.15, 0.2) is 18.5 Å². The Hall–Kier alpha value is -2.57. The molecule has 0 spiro atoms. The summed E-state index contributed by atoms with van der Waals surface area (Å²) in [5, 5.41) is 0.942. The third-order valence-corrected chi connectivity index (χ3v) is 5.39. The summed E-state index contributed by atoms with van der Waals surface area (Å²) < 4.78 is 10.8. The van der Waals surface area contributed by atoms with E-state index in [1.54, 1.807) is 20.5 Å². The third kappa shape index (κ3) is 3.84. The van der Waals surface area contributed by atoms with Crippen molar-refractivity contribution < 1.29 is 14.3 Å². The number of piperidine rings is 1. The molecule has 0 radical (unpaired) electrons. The number of rotatable bonds is 4. The summed E-state index contributed by atoms with van der Waals surface area (Å²) >= 11 is 0. The Bertz CT molecular complexity index is 855. The van der Waals surface area contributed by atoms with Gasteiger partial charge in [-0.3, -0.25) is 4.79 Å². The van der Waals surface area contributed by atoms with E-state index in [1.165, 1.54) is 0 Å². The molecular weight excluding hydrogens is 356 g/mol. The van der Waals surface area contributed by atoms with Gasteiger partial charge >= 0.3 is 0 Å². The molecule has 0 N–H and O–H groups in total. The minimum Gasteiger partial charge on any atom is -0.493 e. The van der Waals surface area contributed by atoms with Gasteiger partial charge in [0, 0.05) is 43.0 Å². The molecule has 28 heavy (non-hydrogen) atoms. The molecule has 0 saturated carbocycles. The first-order chi connectivity index (χ1) is 13.3. The van der Waals surface area contributed by atoms with E-state index >= 15 is 0 Å². The van der Waals surface area contributed by atoms with Gasteiger partial charge in [0.15, 0.2) is 11.5 Å². The van der Waals surface area contributed by atoms with Crippen LogP contribution in [-0.4, -0.2) is 61.2 Å². The number of amides is 1. The average molecular weight is 386 g/mol. The lowest BCUT2D eigenvalue weighted by atomic mass is 9.92. The predicted octanol–water partition coefficient (Wildman–Crippen LogP) is 3.12. The maximum atomic E-state index is 12.6. The molecule has 0 atom stereocenters. The first-order valence-corrected chi connectivity index (χ1v) is 9.65. The molecule has 2 aromatic rings. The molecule has 7 heteroatoms. The molecule has 152 valence electrons. The summed E-state index contributed by atoms with van der Waals surface area (Å²) in [7, 11) is 5.16. The topological polar surface area (TPSA) is 67.8 Å². The van der Waals surface area contributed by atoms with E-state index in [0.29, 0.717) is 11.5 Å². The Kier molecular flexibility index (Phi) is 5.63. The number of methoxy groups -OCH3 is 2. The minimum absolute atomic E-state index is 0.190. The zero-order chi connectivity index (χ0) is 20.5. The lowest BCUT2D eigenvalue weighted by molar-refractivity contribution is -0.140. The second-order valence-corrected chi connectivity index (χ2v) is 8.31. The number of ether oxygens (including phenoxy) is 2. The van der Waals surface area contributed by atoms with E-state index in [4.69, 9.17) is 9.47 Å². The monoisotopic (exact) mass is 386 g/mol. The van der Waals surface area contributed by atoms with E-state index in [2.05, 4.69) is 14.9 Å². The van der Waals surface area contributed by atoms with Crippen molar-refractivity contribution in [3.63, 3.8) is 0 Å². The summed E-state index contributed by atoms with van der Waals surface area (Å²) in [5.41, 5.74) is 0.467. The second-order valence-electron chi connectivity index (χ2n) is 8.31. The van der Waals surface area contributed by atoms with Gasteiger partial charge in [-0.15, -0.1) is 0 Å². The number of hydrogen-bond donors (Lipinski definition) is 0. The fraction of sp³-hybridized carbons (Fsp3) is 0.571. The van der Waals surface area contributed by atoms with E-state index in [-0.39, 0.29) is 17.4 Å². The largest absolute Gasteiger partial charge is 0.493 e. The van der Waals surface area contributed by atoms with E-state index in [1.807, 2.05) is 44.9 Å². The number of aromatic nitrogens is 2. The van der Waals surface area contributed by atoms with Gasteiger partial charge in [-0.2, -0.15) is 0 Å². The van der Waals surface area contributed by atoms with Crippen LogP contribution in [0.3, 0.4) is 0 Å². The molecule has 1 fully saturated rings. The highest BCUT2D eigenvalue weighted by atomic mass is 16.5. The smallest absolute Gasteiger partial charge is 0.227 e. The SMILES string of the molecule is COc1cc2ncnc(N3CCC(N(C)C(=O)C(C)(C)C)CC3)c2cc1OC. The number of carbonyl (C=O) groups is 1. The molecular formula is C21H30N4O3. The summed E-state index contributed by atoms with van der Waals surface area (Å²) in [6.07, 6.45) is 3.42. The molecule has 1 saturated heterocycles. The van der Waals surface area contributed by atoms with Crippen LogP contribution in [0, 0.1) is 5.41 Å². The summed E-state index contributed by atoms with van der Waals surface area (Å²) in [5.74, 6) is 2.40. The molecule has 1 aliphatic rings. The normalized spacial score (nSPS) is 15.6. The van der Waals surface area contributed by atoms with Crippen LogP contribution in [0.4, 0.5) is 5.82 Å². The quantitative estimate of drug-likeness (QED) is 0.804. The van der Waals surface area contributed by atoms with Gasteiger partial charge in [0.1, 0.15) is 12.1 Å². The number of hydrogen-bond acceptors (Lipinski definition) is 6. The van der Waals surface area contributed by atoms with Gasteiger partial charge in [0.25, 0.3) is 0 Å². The maximum absolute atomic E-state index is 12.6. The van der Waals surface area contributed by atoms with Crippen molar-refractivity contribution in [1.29, 1.82) is 0 Å². The van der Waals surface area contributed by atoms with Gasteiger partial charge in [0.05, 0.1) is 19.7 Å². The maximum Gasteiger partial charge on any atom is 0.227 e. The van der Waals surface area contributed by atoms with Crippen molar-refractivity contribution in [2.24, 2.45) is 5.41 Å². The minimum atomic E-state index is -0.357. The Morgan fingerprint density at radius 1 is 1.11 bits per heavy atom. The number of benzene rings is 1. The lowest BCUT2D eigenvalue weighted by Gasteiger charge is -2.39. The van der Waals surface area contributed by atoms with Gasteiger partial charge in [0.2, 0.25) is 5.91 Å². The van der Waals surface area contributed by atoms with Crippen molar-refractivity contribution in [2.75, 3.05) is 39.3 Å². The first kappa shape index (κ1) is 20.2. The Morgan fingerprint density at radius 2 is 1.71 bits per heavy atom. The molecule has 7 nitrogen and oxygen atoms in total. The Balaban J connectivity index is 1.81. The second kappa shape index (κ2) is 7.81. The van der Waals surface area contributed by atoms with Gasteiger partial charge in [-0.25, -0.2) is 9.97 Å². The van der Waals surface area contributed by atoms with Crippen molar-refractivity contribution in [3.8, 4) is 11.5 Å². The molecule has 1 amide bonds. The zero-order valence-electron chi connectivity index (χ0n) is 17.7. The molecule has 0 aliphatic carbocycles. The summed E-state index contributed by atoms with van der Waals surface area (Å²) in [4.78, 5) is 25.7. The average Bonchev–Trinajstić information content (AvgIpc) is 2.70. The fourth-order valence-corrected chi connectivity index (χ4v) is 3.78. The van der Waals surface area contributed by atoms with E-state index in [9.17, 15) is 4.79 Å². The summed E-state index contributed by atoms with van der Waals surface area (Å²) in [6.45, 7) is 7.58. The zero-order valence-corrected chi connectivity index (χ0v) is 17.7. The number of fused-ring (bicyclic) bond motifs is 1. The highest BCUT2D eigenvalue weighted by Gasteiger charge is 2.32. The number of anilines is 1. The molecule has 1 aromatic heterocycles. The predicted molar refractivity (Wildman–Crippen MR) is 110 cm³/mol. The fourth-order valence-electron chi connectivity index (χ4n) is 3.78. The summed E-state index contributed by atoms with van der Waals surface area (Å²) in [6, 6.07) is 4.07. The Morgan fingerprint density at radius 3 is 2.29 bits per heavy atom. The molecule has 1 aromatic carbocycles. The molecule has 1 aliphatic heterocycles. The van der Waals surface area contributed by atoms with Crippen LogP contribution < -0.4 is 14.4 Å². The van der Waals surface area contributed by atoms with Crippen LogP contribution in [0.25, 0.3) is 10.9 Å². The highest BCUT2D eigenvalue weighted by Crippen LogP contribution is 2.35. The Labute approximate surface area is 166 Å². The number of carbonyl (C=O) groups excluding carboxylic acids is 1. The van der Waals surface area contributed by atoms with Crippen LogP contribution in [0.1, 0.15) is 33.6 Å². The van der Waals surface area contributed by atoms with Gasteiger partial charge in [-0.1, -0.05) is 20.8 Å². The van der Waals surface area contributed by atoms with Crippen molar-refractivity contribution >= 4 is 22.6 Å².